The van der Waals surface area contributed by atoms with E-state index in [1.165, 1.54) is 34.9 Å². The van der Waals surface area contributed by atoms with Crippen molar-refractivity contribution >= 4 is 29.4 Å². The van der Waals surface area contributed by atoms with Crippen LogP contribution in [0, 0.1) is 5.82 Å². The number of carboxylic acid groups (broad SMARTS) is 1. The zero-order valence-electron chi connectivity index (χ0n) is 12.0. The van der Waals surface area contributed by atoms with E-state index in [9.17, 15) is 14.0 Å². The Balaban J connectivity index is 2.80. The molecule has 5 nitrogen and oxygen atoms in total. The third-order valence-electron chi connectivity index (χ3n) is 2.89. The van der Waals surface area contributed by atoms with Crippen LogP contribution in [0.1, 0.15) is 13.3 Å². The van der Waals surface area contributed by atoms with E-state index in [0.29, 0.717) is 24.4 Å². The molecule has 2 amide bonds. The number of aliphatic carboxylic acids is 1. The summed E-state index contributed by atoms with van der Waals surface area (Å²) in [6.07, 6.45) is 2.20. The highest BCUT2D eigenvalue weighted by Gasteiger charge is 2.23. The van der Waals surface area contributed by atoms with Gasteiger partial charge in [0.1, 0.15) is 11.9 Å². The summed E-state index contributed by atoms with van der Waals surface area (Å²) in [4.78, 5) is 24.6. The molecule has 0 aliphatic heterocycles. The Bertz CT molecular complexity index is 499. The van der Waals surface area contributed by atoms with E-state index in [0.717, 1.165) is 0 Å². The van der Waals surface area contributed by atoms with Crippen LogP contribution in [0.3, 0.4) is 0 Å². The average Bonchev–Trinajstić information content (AvgIpc) is 2.44. The second kappa shape index (κ2) is 8.51. The molecule has 0 fully saturated rings. The van der Waals surface area contributed by atoms with Crippen molar-refractivity contribution in [2.24, 2.45) is 0 Å². The van der Waals surface area contributed by atoms with Gasteiger partial charge >= 0.3 is 12.0 Å². The van der Waals surface area contributed by atoms with Gasteiger partial charge in [0.25, 0.3) is 0 Å². The third kappa shape index (κ3) is 5.26. The number of benzene rings is 1. The standard InChI is InChI=1S/C14H19FN2O3S/c1-3-17(11-6-4-5-10(15)9-11)14(20)16-12(13(18)19)7-8-21-2/h4-6,9,12H,3,7-8H2,1-2H3,(H,16,20)(H,18,19)/t12-/m1/s1. The lowest BCUT2D eigenvalue weighted by Gasteiger charge is -2.24. The number of nitrogens with zero attached hydrogens (tertiary/aromatic N) is 1. The first-order chi connectivity index (χ1) is 9.99. The maximum absolute atomic E-state index is 13.2. The minimum Gasteiger partial charge on any atom is -0.480 e. The number of urea groups is 1. The Labute approximate surface area is 127 Å². The van der Waals surface area contributed by atoms with Crippen LogP contribution >= 0.6 is 11.8 Å². The summed E-state index contributed by atoms with van der Waals surface area (Å²) < 4.78 is 13.2. The predicted molar refractivity (Wildman–Crippen MR) is 82.4 cm³/mol. The van der Waals surface area contributed by atoms with Gasteiger partial charge < -0.3 is 10.4 Å². The largest absolute Gasteiger partial charge is 0.480 e. The van der Waals surface area contributed by atoms with Gasteiger partial charge in [-0.2, -0.15) is 11.8 Å². The number of anilines is 1. The molecule has 0 spiro atoms. The van der Waals surface area contributed by atoms with Crippen LogP contribution < -0.4 is 10.2 Å². The predicted octanol–water partition coefficient (Wildman–Crippen LogP) is 2.57. The summed E-state index contributed by atoms with van der Waals surface area (Å²) in [7, 11) is 0. The summed E-state index contributed by atoms with van der Waals surface area (Å²) in [6.45, 7) is 2.05. The molecule has 7 heteroatoms. The fraction of sp³-hybridized carbons (Fsp3) is 0.429. The van der Waals surface area contributed by atoms with Crippen molar-refractivity contribution in [2.45, 2.75) is 19.4 Å². The highest BCUT2D eigenvalue weighted by Crippen LogP contribution is 2.15. The molecule has 0 radical (unpaired) electrons. The number of thioether (sulfide) groups is 1. The molecule has 0 saturated carbocycles. The number of rotatable bonds is 7. The first-order valence-electron chi connectivity index (χ1n) is 6.55. The molecule has 116 valence electrons. The number of hydrogen-bond donors (Lipinski definition) is 2. The molecule has 0 heterocycles. The topological polar surface area (TPSA) is 69.6 Å². The summed E-state index contributed by atoms with van der Waals surface area (Å²) in [5, 5.41) is 11.6. The van der Waals surface area contributed by atoms with E-state index in [1.54, 1.807) is 13.0 Å². The van der Waals surface area contributed by atoms with Gasteiger partial charge in [0, 0.05) is 12.2 Å². The molecule has 0 aliphatic rings. The number of halogens is 1. The number of hydrogen-bond acceptors (Lipinski definition) is 3. The normalized spacial score (nSPS) is 11.8. The minimum atomic E-state index is -1.08. The molecule has 0 unspecified atom stereocenters. The lowest BCUT2D eigenvalue weighted by atomic mass is 10.2. The van der Waals surface area contributed by atoms with Gasteiger partial charge in [-0.15, -0.1) is 0 Å². The summed E-state index contributed by atoms with van der Waals surface area (Å²) in [5.41, 5.74) is 0.393. The Morgan fingerprint density at radius 2 is 2.19 bits per heavy atom. The minimum absolute atomic E-state index is 0.310. The van der Waals surface area contributed by atoms with Gasteiger partial charge in [0.15, 0.2) is 0 Å². The zero-order chi connectivity index (χ0) is 15.8. The molecule has 1 aromatic carbocycles. The van der Waals surface area contributed by atoms with Gasteiger partial charge in [-0.3, -0.25) is 4.90 Å². The van der Waals surface area contributed by atoms with E-state index < -0.39 is 23.9 Å². The van der Waals surface area contributed by atoms with Crippen molar-refractivity contribution < 1.29 is 19.1 Å². The van der Waals surface area contributed by atoms with Crippen molar-refractivity contribution in [3.05, 3.63) is 30.1 Å². The molecule has 1 atom stereocenters. The van der Waals surface area contributed by atoms with Crippen molar-refractivity contribution in [1.29, 1.82) is 0 Å². The molecule has 2 N–H and O–H groups in total. The zero-order valence-corrected chi connectivity index (χ0v) is 12.8. The maximum Gasteiger partial charge on any atom is 0.326 e. The lowest BCUT2D eigenvalue weighted by Crippen LogP contribution is -2.48. The summed E-state index contributed by atoms with van der Waals surface area (Å²) >= 11 is 1.51. The van der Waals surface area contributed by atoms with Crippen LogP contribution in [0.15, 0.2) is 24.3 Å². The highest BCUT2D eigenvalue weighted by molar-refractivity contribution is 7.98. The van der Waals surface area contributed by atoms with Crippen LogP contribution in [0.5, 0.6) is 0 Å². The maximum atomic E-state index is 13.2. The lowest BCUT2D eigenvalue weighted by molar-refractivity contribution is -0.139. The first kappa shape index (κ1) is 17.3. The van der Waals surface area contributed by atoms with E-state index in [1.807, 2.05) is 6.26 Å². The van der Waals surface area contributed by atoms with Gasteiger partial charge in [-0.25, -0.2) is 14.0 Å². The number of nitrogens with one attached hydrogen (secondary N) is 1. The molecular weight excluding hydrogens is 295 g/mol. The molecule has 0 saturated heterocycles. The average molecular weight is 314 g/mol. The summed E-state index contributed by atoms with van der Waals surface area (Å²) in [5.74, 6) is -0.896. The second-order valence-electron chi connectivity index (χ2n) is 4.35. The monoisotopic (exact) mass is 314 g/mol. The molecule has 1 rings (SSSR count). The van der Waals surface area contributed by atoms with E-state index in [4.69, 9.17) is 5.11 Å². The highest BCUT2D eigenvalue weighted by atomic mass is 32.2. The first-order valence-corrected chi connectivity index (χ1v) is 7.94. The molecule has 0 aromatic heterocycles. The number of carbonyl (C=O) groups is 2. The van der Waals surface area contributed by atoms with Gasteiger partial charge in [0.05, 0.1) is 0 Å². The van der Waals surface area contributed by atoms with Crippen LogP contribution in [-0.2, 0) is 4.79 Å². The number of amides is 2. The van der Waals surface area contributed by atoms with E-state index in [2.05, 4.69) is 5.32 Å². The summed E-state index contributed by atoms with van der Waals surface area (Å²) in [6, 6.07) is 4.13. The van der Waals surface area contributed by atoms with Gasteiger partial charge in [0.2, 0.25) is 0 Å². The molecule has 21 heavy (non-hydrogen) atoms. The Morgan fingerprint density at radius 1 is 1.48 bits per heavy atom. The van der Waals surface area contributed by atoms with Crippen LogP contribution in [0.4, 0.5) is 14.9 Å². The fourth-order valence-electron chi connectivity index (χ4n) is 1.81. The van der Waals surface area contributed by atoms with Crippen molar-refractivity contribution in [3.63, 3.8) is 0 Å². The quantitative estimate of drug-likeness (QED) is 0.811. The molecule has 0 bridgehead atoms. The second-order valence-corrected chi connectivity index (χ2v) is 5.33. The third-order valence-corrected chi connectivity index (χ3v) is 3.53. The fourth-order valence-corrected chi connectivity index (χ4v) is 2.28. The molecule has 1 aromatic rings. The van der Waals surface area contributed by atoms with Crippen molar-refractivity contribution in [2.75, 3.05) is 23.5 Å². The molecular formula is C14H19FN2O3S. The van der Waals surface area contributed by atoms with Gasteiger partial charge in [-0.05, 0) is 43.6 Å². The van der Waals surface area contributed by atoms with Gasteiger partial charge in [-0.1, -0.05) is 6.07 Å². The van der Waals surface area contributed by atoms with E-state index >= 15 is 0 Å². The van der Waals surface area contributed by atoms with Crippen molar-refractivity contribution in [3.8, 4) is 0 Å². The SMILES string of the molecule is CCN(C(=O)N[C@H](CCSC)C(=O)O)c1cccc(F)c1. The van der Waals surface area contributed by atoms with Crippen LogP contribution in [-0.4, -0.2) is 41.7 Å². The number of carboxylic acids is 1. The smallest absolute Gasteiger partial charge is 0.326 e. The number of carbonyl (C=O) groups excluding carboxylic acids is 1. The van der Waals surface area contributed by atoms with Crippen LogP contribution in [0.2, 0.25) is 0 Å². The Kier molecular flexibility index (Phi) is 7.01. The van der Waals surface area contributed by atoms with E-state index in [-0.39, 0.29) is 0 Å². The molecule has 0 aliphatic carbocycles. The Morgan fingerprint density at radius 3 is 2.71 bits per heavy atom. The Hall–Kier alpha value is -1.76. The van der Waals surface area contributed by atoms with Crippen LogP contribution in [0.25, 0.3) is 0 Å². The van der Waals surface area contributed by atoms with Crippen molar-refractivity contribution in [1.82, 2.24) is 5.32 Å².